The Morgan fingerprint density at radius 2 is 2.33 bits per heavy atom. The van der Waals surface area contributed by atoms with Gasteiger partial charge in [-0.2, -0.15) is 15.4 Å². The average Bonchev–Trinajstić information content (AvgIpc) is 2.57. The van der Waals surface area contributed by atoms with Crippen molar-refractivity contribution in [3.05, 3.63) is 34.9 Å². The number of nitrogens with one attached hydrogen (secondary N) is 2. The Bertz CT molecular complexity index is 417. The fraction of sp³-hybridized carbons (Fsp3) is 0. The van der Waals surface area contributed by atoms with E-state index >= 15 is 0 Å². The molecule has 2 N–H and O–H groups in total. The third-order valence-electron chi connectivity index (χ3n) is 1.51. The molecule has 0 aromatic carbocycles. The Balaban J connectivity index is 2.63. The number of nitrogens with zero attached hydrogens (tertiary/aromatic N) is 2. The van der Waals surface area contributed by atoms with E-state index in [1.165, 1.54) is 6.20 Å². The van der Waals surface area contributed by atoms with Crippen molar-refractivity contribution in [3.8, 4) is 11.3 Å². The Kier molecular flexibility index (Phi) is 1.48. The van der Waals surface area contributed by atoms with Gasteiger partial charge in [-0.25, -0.2) is 0 Å². The van der Waals surface area contributed by atoms with Crippen molar-refractivity contribution >= 4 is 0 Å². The molecule has 0 saturated carbocycles. The van der Waals surface area contributed by atoms with Crippen molar-refractivity contribution in [1.82, 2.24) is 20.4 Å². The third-order valence-corrected chi connectivity index (χ3v) is 1.51. The second-order valence-electron chi connectivity index (χ2n) is 2.27. The first-order valence-electron chi connectivity index (χ1n) is 3.42. The summed E-state index contributed by atoms with van der Waals surface area (Å²) in [6.45, 7) is 0. The number of aromatic nitrogens is 4. The summed E-state index contributed by atoms with van der Waals surface area (Å²) in [5.74, 6) is 0. The van der Waals surface area contributed by atoms with Crippen molar-refractivity contribution in [1.29, 1.82) is 0 Å². The molecule has 0 spiro atoms. The molecule has 2 heterocycles. The summed E-state index contributed by atoms with van der Waals surface area (Å²) >= 11 is 0. The van der Waals surface area contributed by atoms with Gasteiger partial charge in [0.1, 0.15) is 5.69 Å². The molecule has 0 unspecified atom stereocenters. The van der Waals surface area contributed by atoms with Gasteiger partial charge < -0.3 is 4.98 Å². The molecule has 0 saturated heterocycles. The van der Waals surface area contributed by atoms with Gasteiger partial charge in [-0.1, -0.05) is 0 Å². The monoisotopic (exact) mass is 162 g/mol. The van der Waals surface area contributed by atoms with Crippen LogP contribution in [0.2, 0.25) is 0 Å². The SMILES string of the molecule is O=c1[nH]cccc1-c1cn[nH]n1. The van der Waals surface area contributed by atoms with Gasteiger partial charge in [-0.05, 0) is 12.1 Å². The normalized spacial score (nSPS) is 10.0. The summed E-state index contributed by atoms with van der Waals surface area (Å²) in [5.41, 5.74) is 0.912. The maximum absolute atomic E-state index is 11.2. The molecule has 2 rings (SSSR count). The van der Waals surface area contributed by atoms with Gasteiger partial charge in [0.05, 0.1) is 11.8 Å². The molecule has 5 heteroatoms. The predicted octanol–water partition coefficient (Wildman–Crippen LogP) is 0.160. The molecule has 0 fully saturated rings. The van der Waals surface area contributed by atoms with Crippen LogP contribution in [0.15, 0.2) is 29.3 Å². The second-order valence-corrected chi connectivity index (χ2v) is 2.27. The second kappa shape index (κ2) is 2.61. The zero-order valence-corrected chi connectivity index (χ0v) is 6.11. The summed E-state index contributed by atoms with van der Waals surface area (Å²) in [4.78, 5) is 13.7. The summed E-state index contributed by atoms with van der Waals surface area (Å²) < 4.78 is 0. The first kappa shape index (κ1) is 6.78. The average molecular weight is 162 g/mol. The van der Waals surface area contributed by atoms with E-state index in [9.17, 15) is 4.79 Å². The van der Waals surface area contributed by atoms with Crippen LogP contribution in [-0.2, 0) is 0 Å². The molecular formula is C7H6N4O. The maximum Gasteiger partial charge on any atom is 0.257 e. The van der Waals surface area contributed by atoms with Gasteiger partial charge >= 0.3 is 0 Å². The van der Waals surface area contributed by atoms with Gasteiger partial charge in [-0.15, -0.1) is 0 Å². The van der Waals surface area contributed by atoms with Crippen molar-refractivity contribution in [2.24, 2.45) is 0 Å². The molecule has 12 heavy (non-hydrogen) atoms. The lowest BCUT2D eigenvalue weighted by Gasteiger charge is -1.90. The van der Waals surface area contributed by atoms with Gasteiger partial charge in [0, 0.05) is 6.20 Å². The quantitative estimate of drug-likeness (QED) is 0.627. The highest BCUT2D eigenvalue weighted by Gasteiger charge is 2.03. The summed E-state index contributed by atoms with van der Waals surface area (Å²) in [6.07, 6.45) is 3.08. The van der Waals surface area contributed by atoms with Crippen LogP contribution in [0, 0.1) is 0 Å². The molecule has 0 aliphatic rings. The maximum atomic E-state index is 11.2. The number of H-pyrrole nitrogens is 2. The first-order chi connectivity index (χ1) is 5.88. The zero-order valence-electron chi connectivity index (χ0n) is 6.11. The van der Waals surface area contributed by atoms with Crippen LogP contribution < -0.4 is 5.56 Å². The standard InChI is InChI=1S/C7H6N4O/c12-7-5(2-1-3-8-7)6-4-9-11-10-6/h1-4H,(H,8,12)(H,9,10,11). The number of hydrogen-bond acceptors (Lipinski definition) is 3. The highest BCUT2D eigenvalue weighted by molar-refractivity contribution is 5.55. The molecule has 0 atom stereocenters. The van der Waals surface area contributed by atoms with Crippen molar-refractivity contribution in [3.63, 3.8) is 0 Å². The lowest BCUT2D eigenvalue weighted by molar-refractivity contribution is 0.941. The minimum absolute atomic E-state index is 0.161. The third kappa shape index (κ3) is 1.01. The van der Waals surface area contributed by atoms with Crippen molar-refractivity contribution in [2.75, 3.05) is 0 Å². The van der Waals surface area contributed by atoms with E-state index in [-0.39, 0.29) is 5.56 Å². The number of hydrogen-bond donors (Lipinski definition) is 2. The van der Waals surface area contributed by atoms with Crippen LogP contribution in [0.4, 0.5) is 0 Å². The number of aromatic amines is 2. The van der Waals surface area contributed by atoms with E-state index in [2.05, 4.69) is 20.4 Å². The minimum atomic E-state index is -0.161. The lowest BCUT2D eigenvalue weighted by Crippen LogP contribution is -2.06. The van der Waals surface area contributed by atoms with Crippen LogP contribution in [0.5, 0.6) is 0 Å². The molecule has 0 aliphatic carbocycles. The first-order valence-corrected chi connectivity index (χ1v) is 3.42. The molecule has 0 aliphatic heterocycles. The van der Waals surface area contributed by atoms with Crippen molar-refractivity contribution < 1.29 is 0 Å². The van der Waals surface area contributed by atoms with Crippen LogP contribution in [-0.4, -0.2) is 20.4 Å². The van der Waals surface area contributed by atoms with Crippen molar-refractivity contribution in [2.45, 2.75) is 0 Å². The largest absolute Gasteiger partial charge is 0.329 e. The Morgan fingerprint density at radius 3 is 3.00 bits per heavy atom. The lowest BCUT2D eigenvalue weighted by atomic mass is 10.2. The summed E-state index contributed by atoms with van der Waals surface area (Å²) in [7, 11) is 0. The zero-order chi connectivity index (χ0) is 8.39. The van der Waals surface area contributed by atoms with E-state index in [0.717, 1.165) is 0 Å². The minimum Gasteiger partial charge on any atom is -0.329 e. The van der Waals surface area contributed by atoms with E-state index in [4.69, 9.17) is 0 Å². The summed E-state index contributed by atoms with van der Waals surface area (Å²) in [6, 6.07) is 3.43. The number of pyridine rings is 1. The highest BCUT2D eigenvalue weighted by Crippen LogP contribution is 2.06. The predicted molar refractivity (Wildman–Crippen MR) is 42.4 cm³/mol. The van der Waals surface area contributed by atoms with Crippen LogP contribution in [0.3, 0.4) is 0 Å². The van der Waals surface area contributed by atoms with Crippen LogP contribution in [0.25, 0.3) is 11.3 Å². The summed E-state index contributed by atoms with van der Waals surface area (Å²) in [5, 5.41) is 9.84. The topological polar surface area (TPSA) is 74.4 Å². The van der Waals surface area contributed by atoms with E-state index < -0.39 is 0 Å². The molecule has 0 amide bonds. The van der Waals surface area contributed by atoms with Gasteiger partial charge in [0.2, 0.25) is 0 Å². The number of rotatable bonds is 1. The smallest absolute Gasteiger partial charge is 0.257 e. The van der Waals surface area contributed by atoms with E-state index in [1.54, 1.807) is 18.3 Å². The van der Waals surface area contributed by atoms with Crippen LogP contribution >= 0.6 is 0 Å². The molecule has 60 valence electrons. The molecule has 2 aromatic rings. The fourth-order valence-corrected chi connectivity index (χ4v) is 0.955. The molecular weight excluding hydrogens is 156 g/mol. The highest BCUT2D eigenvalue weighted by atomic mass is 16.1. The van der Waals surface area contributed by atoms with E-state index in [0.29, 0.717) is 11.3 Å². The van der Waals surface area contributed by atoms with Crippen LogP contribution in [0.1, 0.15) is 0 Å². The van der Waals surface area contributed by atoms with E-state index in [1.807, 2.05) is 0 Å². The Morgan fingerprint density at radius 1 is 1.42 bits per heavy atom. The molecule has 0 bridgehead atoms. The van der Waals surface area contributed by atoms with Gasteiger partial charge in [0.15, 0.2) is 0 Å². The molecule has 0 radical (unpaired) electrons. The molecule has 5 nitrogen and oxygen atoms in total. The Hall–Kier alpha value is -1.91. The fourth-order valence-electron chi connectivity index (χ4n) is 0.955. The van der Waals surface area contributed by atoms with Gasteiger partial charge in [-0.3, -0.25) is 4.79 Å². The Labute approximate surface area is 67.5 Å². The molecule has 2 aromatic heterocycles. The van der Waals surface area contributed by atoms with Gasteiger partial charge in [0.25, 0.3) is 5.56 Å².